The van der Waals surface area contributed by atoms with E-state index in [-0.39, 0.29) is 0 Å². The van der Waals surface area contributed by atoms with Crippen LogP contribution in [0, 0.1) is 4.77 Å². The molecule has 4 nitrogen and oxygen atoms in total. The van der Waals surface area contributed by atoms with E-state index in [0.717, 1.165) is 24.0 Å². The van der Waals surface area contributed by atoms with Crippen molar-refractivity contribution in [1.82, 2.24) is 14.8 Å². The monoisotopic (exact) mass is 239 g/mol. The third-order valence-corrected chi connectivity index (χ3v) is 4.02. The number of aromatic nitrogens is 3. The summed E-state index contributed by atoms with van der Waals surface area (Å²) in [6.07, 6.45) is 6.29. The second kappa shape index (κ2) is 3.96. The first-order valence-electron chi connectivity index (χ1n) is 5.99. The van der Waals surface area contributed by atoms with Gasteiger partial charge in [-0.05, 0) is 44.3 Å². The lowest BCUT2D eigenvalue weighted by atomic mass is 10.2. The highest BCUT2D eigenvalue weighted by molar-refractivity contribution is 7.71. The Bertz CT molecular complexity index is 435. The van der Waals surface area contributed by atoms with E-state index < -0.39 is 0 Å². The molecule has 2 aliphatic carbocycles. The lowest BCUT2D eigenvalue weighted by molar-refractivity contribution is 0.105. The van der Waals surface area contributed by atoms with Crippen LogP contribution < -0.4 is 0 Å². The van der Waals surface area contributed by atoms with Gasteiger partial charge in [0.1, 0.15) is 5.82 Å². The zero-order chi connectivity index (χ0) is 11.1. The minimum absolute atomic E-state index is 0.397. The summed E-state index contributed by atoms with van der Waals surface area (Å²) in [6, 6.07) is 0.492. The summed E-state index contributed by atoms with van der Waals surface area (Å²) in [5, 5.41) is 7.32. The predicted octanol–water partition coefficient (Wildman–Crippen LogP) is 2.56. The van der Waals surface area contributed by atoms with Crippen molar-refractivity contribution in [3.8, 4) is 0 Å². The maximum Gasteiger partial charge on any atom is 0.195 e. The standard InChI is InChI=1S/C11H17N3OS/c1-15-9-5-4-8(6-9)14-10(7-2-3-7)12-13-11(14)16/h7-9H,2-6H2,1H3,(H,13,16). The molecular weight excluding hydrogens is 222 g/mol. The highest BCUT2D eigenvalue weighted by Gasteiger charge is 2.34. The second-order valence-electron chi connectivity index (χ2n) is 4.86. The van der Waals surface area contributed by atoms with Gasteiger partial charge in [0, 0.05) is 19.1 Å². The van der Waals surface area contributed by atoms with Crippen molar-refractivity contribution in [2.75, 3.05) is 7.11 Å². The van der Waals surface area contributed by atoms with Crippen molar-refractivity contribution in [2.24, 2.45) is 0 Å². The Labute approximate surface area is 100 Å². The number of nitrogens with one attached hydrogen (secondary N) is 1. The number of nitrogens with zero attached hydrogens (tertiary/aromatic N) is 2. The van der Waals surface area contributed by atoms with Crippen molar-refractivity contribution >= 4 is 12.2 Å². The molecule has 1 aromatic rings. The molecule has 0 radical (unpaired) electrons. The molecule has 0 spiro atoms. The fraction of sp³-hybridized carbons (Fsp3) is 0.818. The van der Waals surface area contributed by atoms with Crippen molar-refractivity contribution in [3.63, 3.8) is 0 Å². The van der Waals surface area contributed by atoms with Gasteiger partial charge in [0.2, 0.25) is 0 Å². The normalized spacial score (nSPS) is 29.8. The molecule has 2 fully saturated rings. The molecule has 0 aliphatic heterocycles. The van der Waals surface area contributed by atoms with Gasteiger partial charge < -0.3 is 9.30 Å². The molecule has 88 valence electrons. The third kappa shape index (κ3) is 1.72. The molecule has 0 saturated heterocycles. The van der Waals surface area contributed by atoms with Crippen LogP contribution in [0.1, 0.15) is 49.9 Å². The molecule has 5 heteroatoms. The lowest BCUT2D eigenvalue weighted by Gasteiger charge is -2.14. The summed E-state index contributed by atoms with van der Waals surface area (Å²) < 4.78 is 8.44. The summed E-state index contributed by atoms with van der Waals surface area (Å²) in [5.74, 6) is 1.82. The molecule has 0 aromatic carbocycles. The number of hydrogen-bond acceptors (Lipinski definition) is 3. The van der Waals surface area contributed by atoms with E-state index in [1.807, 2.05) is 0 Å². The Kier molecular flexibility index (Phi) is 2.59. The zero-order valence-electron chi connectivity index (χ0n) is 9.48. The van der Waals surface area contributed by atoms with Crippen LogP contribution >= 0.6 is 12.2 Å². The highest BCUT2D eigenvalue weighted by atomic mass is 32.1. The summed E-state index contributed by atoms with van der Waals surface area (Å²) in [5.41, 5.74) is 0. The molecule has 2 atom stereocenters. The Morgan fingerprint density at radius 2 is 2.19 bits per heavy atom. The van der Waals surface area contributed by atoms with Crippen LogP contribution in [-0.2, 0) is 4.74 Å². The predicted molar refractivity (Wildman–Crippen MR) is 63.1 cm³/mol. The van der Waals surface area contributed by atoms with E-state index >= 15 is 0 Å². The molecule has 2 saturated carbocycles. The van der Waals surface area contributed by atoms with Crippen molar-refractivity contribution < 1.29 is 4.74 Å². The van der Waals surface area contributed by atoms with Crippen molar-refractivity contribution in [3.05, 3.63) is 10.6 Å². The summed E-state index contributed by atoms with van der Waals surface area (Å²) >= 11 is 5.34. The van der Waals surface area contributed by atoms with Crippen LogP contribution in [0.25, 0.3) is 0 Å². The van der Waals surface area contributed by atoms with Crippen LogP contribution in [0.4, 0.5) is 0 Å². The SMILES string of the molecule is COC1CCC(n2c(C3CC3)n[nH]c2=S)C1. The van der Waals surface area contributed by atoms with Crippen LogP contribution in [0.5, 0.6) is 0 Å². The molecule has 1 heterocycles. The largest absolute Gasteiger partial charge is 0.381 e. The van der Waals surface area contributed by atoms with Gasteiger partial charge in [0.25, 0.3) is 0 Å². The van der Waals surface area contributed by atoms with Crippen molar-refractivity contribution in [1.29, 1.82) is 0 Å². The van der Waals surface area contributed by atoms with Gasteiger partial charge in [0.15, 0.2) is 4.77 Å². The Morgan fingerprint density at radius 1 is 1.38 bits per heavy atom. The van der Waals surface area contributed by atoms with Crippen LogP contribution in [-0.4, -0.2) is 28.0 Å². The number of aromatic amines is 1. The summed E-state index contributed by atoms with van der Waals surface area (Å²) in [7, 11) is 1.80. The van der Waals surface area contributed by atoms with Gasteiger partial charge in [-0.15, -0.1) is 0 Å². The summed E-state index contributed by atoms with van der Waals surface area (Å²) in [4.78, 5) is 0. The molecule has 1 aromatic heterocycles. The van der Waals surface area contributed by atoms with E-state index in [2.05, 4.69) is 14.8 Å². The number of H-pyrrole nitrogens is 1. The number of ether oxygens (including phenoxy) is 1. The second-order valence-corrected chi connectivity index (χ2v) is 5.24. The van der Waals surface area contributed by atoms with E-state index in [0.29, 0.717) is 18.1 Å². The maximum absolute atomic E-state index is 5.42. The molecular formula is C11H17N3OS. The van der Waals surface area contributed by atoms with Crippen LogP contribution in [0.3, 0.4) is 0 Å². The summed E-state index contributed by atoms with van der Waals surface area (Å²) in [6.45, 7) is 0. The number of rotatable bonds is 3. The van der Waals surface area contributed by atoms with Gasteiger partial charge in [-0.3, -0.25) is 5.10 Å². The van der Waals surface area contributed by atoms with Gasteiger partial charge >= 0.3 is 0 Å². The molecule has 0 bridgehead atoms. The van der Waals surface area contributed by atoms with Gasteiger partial charge in [-0.25, -0.2) is 0 Å². The van der Waals surface area contributed by atoms with Crippen LogP contribution in [0.15, 0.2) is 0 Å². The smallest absolute Gasteiger partial charge is 0.195 e. The van der Waals surface area contributed by atoms with Crippen LogP contribution in [0.2, 0.25) is 0 Å². The molecule has 2 unspecified atom stereocenters. The van der Waals surface area contributed by atoms with E-state index in [4.69, 9.17) is 17.0 Å². The fourth-order valence-electron chi connectivity index (χ4n) is 2.67. The number of methoxy groups -OCH3 is 1. The first-order chi connectivity index (χ1) is 7.79. The quantitative estimate of drug-likeness (QED) is 0.824. The highest BCUT2D eigenvalue weighted by Crippen LogP contribution is 2.42. The average Bonchev–Trinajstić information content (AvgIpc) is 2.89. The first-order valence-corrected chi connectivity index (χ1v) is 6.40. The zero-order valence-corrected chi connectivity index (χ0v) is 10.3. The molecule has 0 amide bonds. The molecule has 3 rings (SSSR count). The molecule has 2 aliphatic rings. The van der Waals surface area contributed by atoms with Gasteiger partial charge in [-0.2, -0.15) is 5.10 Å². The third-order valence-electron chi connectivity index (χ3n) is 3.73. The Morgan fingerprint density at radius 3 is 2.81 bits per heavy atom. The molecule has 1 N–H and O–H groups in total. The maximum atomic E-state index is 5.42. The van der Waals surface area contributed by atoms with Crippen molar-refractivity contribution in [2.45, 2.75) is 50.2 Å². The fourth-order valence-corrected chi connectivity index (χ4v) is 2.95. The Balaban J connectivity index is 1.88. The average molecular weight is 239 g/mol. The minimum Gasteiger partial charge on any atom is -0.381 e. The van der Waals surface area contributed by atoms with E-state index in [9.17, 15) is 0 Å². The van der Waals surface area contributed by atoms with Gasteiger partial charge in [-0.1, -0.05) is 0 Å². The van der Waals surface area contributed by atoms with E-state index in [1.54, 1.807) is 7.11 Å². The first kappa shape index (κ1) is 10.5. The minimum atomic E-state index is 0.397. The topological polar surface area (TPSA) is 42.8 Å². The number of hydrogen-bond donors (Lipinski definition) is 1. The van der Waals surface area contributed by atoms with E-state index in [1.165, 1.54) is 18.7 Å². The lowest BCUT2D eigenvalue weighted by Crippen LogP contribution is -2.11. The Hall–Kier alpha value is -0.680. The van der Waals surface area contributed by atoms with Gasteiger partial charge in [0.05, 0.1) is 6.10 Å². The molecule has 16 heavy (non-hydrogen) atoms.